The minimum Gasteiger partial charge on any atom is -0.368 e. The number of ketones is 1. The van der Waals surface area contributed by atoms with Crippen molar-refractivity contribution in [3.63, 3.8) is 0 Å². The quantitative estimate of drug-likeness (QED) is 0.785. The van der Waals surface area contributed by atoms with E-state index < -0.39 is 0 Å². The molecule has 0 bridgehead atoms. The largest absolute Gasteiger partial charge is 0.368 e. The number of Topliss-reactive ketones (excluding diaryl/α,β-unsaturated/α-hetero) is 1. The molecule has 1 aliphatic heterocycles. The fourth-order valence-electron chi connectivity index (χ4n) is 3.60. The molecular weight excluding hydrogens is 350 g/mol. The van der Waals surface area contributed by atoms with E-state index in [0.717, 1.165) is 41.2 Å². The number of nitrogens with one attached hydrogen (secondary N) is 1. The Morgan fingerprint density at radius 1 is 0.964 bits per heavy atom. The molecule has 0 unspecified atom stereocenters. The summed E-state index contributed by atoms with van der Waals surface area (Å²) in [5, 5.41) is 3.14. The Bertz CT molecular complexity index is 851. The summed E-state index contributed by atoms with van der Waals surface area (Å²) < 4.78 is 0. The van der Waals surface area contributed by atoms with Crippen LogP contribution in [0.5, 0.6) is 0 Å². The highest BCUT2D eigenvalue weighted by Crippen LogP contribution is 2.28. The van der Waals surface area contributed by atoms with E-state index in [1.54, 1.807) is 6.92 Å². The van der Waals surface area contributed by atoms with E-state index in [4.69, 9.17) is 0 Å². The van der Waals surface area contributed by atoms with Gasteiger partial charge in [-0.25, -0.2) is 4.79 Å². The Labute approximate surface area is 167 Å². The van der Waals surface area contributed by atoms with Crippen LogP contribution in [0.1, 0.15) is 48.2 Å². The van der Waals surface area contributed by atoms with Gasteiger partial charge in [-0.1, -0.05) is 32.0 Å². The van der Waals surface area contributed by atoms with Crippen LogP contribution in [0.15, 0.2) is 42.5 Å². The molecule has 0 saturated carbocycles. The average molecular weight is 380 g/mol. The van der Waals surface area contributed by atoms with Crippen molar-refractivity contribution >= 4 is 23.2 Å². The maximum Gasteiger partial charge on any atom is 0.321 e. The number of hydrogen-bond donors (Lipinski definition) is 1. The molecule has 0 aromatic heterocycles. The van der Waals surface area contributed by atoms with Crippen molar-refractivity contribution in [2.24, 2.45) is 0 Å². The zero-order valence-electron chi connectivity index (χ0n) is 17.2. The molecular formula is C23H29N3O2. The number of hydrogen-bond acceptors (Lipinski definition) is 3. The third kappa shape index (κ3) is 4.35. The van der Waals surface area contributed by atoms with Crippen molar-refractivity contribution in [3.8, 4) is 0 Å². The van der Waals surface area contributed by atoms with Crippen molar-refractivity contribution in [2.75, 3.05) is 36.4 Å². The van der Waals surface area contributed by atoms with E-state index in [9.17, 15) is 9.59 Å². The molecule has 0 radical (unpaired) electrons. The van der Waals surface area contributed by atoms with Gasteiger partial charge in [-0.15, -0.1) is 0 Å². The smallest absolute Gasteiger partial charge is 0.321 e. The molecule has 2 aromatic carbocycles. The van der Waals surface area contributed by atoms with Gasteiger partial charge in [0.15, 0.2) is 5.78 Å². The fraction of sp³-hybridized carbons (Fsp3) is 0.391. The normalized spacial score (nSPS) is 14.3. The number of carbonyl (C=O) groups is 2. The van der Waals surface area contributed by atoms with E-state index in [-0.39, 0.29) is 11.8 Å². The predicted octanol–water partition coefficient (Wildman–Crippen LogP) is 4.68. The zero-order valence-corrected chi connectivity index (χ0v) is 17.2. The van der Waals surface area contributed by atoms with Gasteiger partial charge >= 0.3 is 6.03 Å². The van der Waals surface area contributed by atoms with Gasteiger partial charge in [0.25, 0.3) is 0 Å². The van der Waals surface area contributed by atoms with E-state index in [1.165, 1.54) is 0 Å². The third-order valence-electron chi connectivity index (χ3n) is 5.36. The first-order valence-electron chi connectivity index (χ1n) is 9.88. The van der Waals surface area contributed by atoms with Crippen molar-refractivity contribution < 1.29 is 9.59 Å². The number of anilines is 2. The zero-order chi connectivity index (χ0) is 20.3. The topological polar surface area (TPSA) is 52.7 Å². The van der Waals surface area contributed by atoms with Gasteiger partial charge in [-0.05, 0) is 55.2 Å². The lowest BCUT2D eigenvalue weighted by Crippen LogP contribution is -2.50. The summed E-state index contributed by atoms with van der Waals surface area (Å²) in [5.74, 6) is 0.426. The van der Waals surface area contributed by atoms with Gasteiger partial charge in [0, 0.05) is 43.1 Å². The fourth-order valence-corrected chi connectivity index (χ4v) is 3.60. The van der Waals surface area contributed by atoms with Crippen LogP contribution >= 0.6 is 0 Å². The van der Waals surface area contributed by atoms with Crippen LogP contribution in [-0.4, -0.2) is 42.9 Å². The molecule has 1 fully saturated rings. The van der Waals surface area contributed by atoms with E-state index in [2.05, 4.69) is 30.1 Å². The Morgan fingerprint density at radius 3 is 2.18 bits per heavy atom. The number of urea groups is 1. The molecule has 1 aliphatic rings. The van der Waals surface area contributed by atoms with E-state index >= 15 is 0 Å². The van der Waals surface area contributed by atoms with Gasteiger partial charge in [0.2, 0.25) is 0 Å². The Balaban J connectivity index is 1.62. The Hall–Kier alpha value is -2.82. The molecule has 5 nitrogen and oxygen atoms in total. The second-order valence-electron chi connectivity index (χ2n) is 7.70. The number of carbonyl (C=O) groups excluding carboxylic acids is 2. The van der Waals surface area contributed by atoms with Crippen molar-refractivity contribution in [1.29, 1.82) is 0 Å². The van der Waals surface area contributed by atoms with Crippen LogP contribution in [0.25, 0.3) is 0 Å². The average Bonchev–Trinajstić information content (AvgIpc) is 2.69. The molecule has 1 N–H and O–H groups in total. The first-order valence-corrected chi connectivity index (χ1v) is 9.88. The van der Waals surface area contributed by atoms with Crippen LogP contribution in [0.3, 0.4) is 0 Å². The number of rotatable bonds is 4. The Morgan fingerprint density at radius 2 is 1.61 bits per heavy atom. The van der Waals surface area contributed by atoms with Gasteiger partial charge in [0.05, 0.1) is 0 Å². The second-order valence-corrected chi connectivity index (χ2v) is 7.70. The SMILES string of the molecule is CC(=O)c1ccc(N2CCN(C(=O)Nc3c(C)cccc3C(C)C)CC2)cc1. The number of nitrogens with zero attached hydrogens (tertiary/aromatic N) is 2. The molecule has 1 heterocycles. The van der Waals surface area contributed by atoms with Crippen LogP contribution in [0.2, 0.25) is 0 Å². The summed E-state index contributed by atoms with van der Waals surface area (Å²) in [5.41, 5.74) is 5.00. The predicted molar refractivity (Wildman–Crippen MR) is 115 cm³/mol. The molecule has 0 spiro atoms. The molecule has 5 heteroatoms. The lowest BCUT2D eigenvalue weighted by Gasteiger charge is -2.36. The molecule has 1 saturated heterocycles. The van der Waals surface area contributed by atoms with Crippen LogP contribution in [-0.2, 0) is 0 Å². The number of benzene rings is 2. The highest BCUT2D eigenvalue weighted by Gasteiger charge is 2.22. The van der Waals surface area contributed by atoms with Crippen LogP contribution < -0.4 is 10.2 Å². The van der Waals surface area contributed by atoms with E-state index in [0.29, 0.717) is 19.0 Å². The standard InChI is InChI=1S/C23H29N3O2/c1-16(2)21-7-5-6-17(3)22(21)24-23(28)26-14-12-25(13-15-26)20-10-8-19(9-11-20)18(4)27/h5-11,16H,12-15H2,1-4H3,(H,24,28). The second kappa shape index (κ2) is 8.46. The number of para-hydroxylation sites is 1. The highest BCUT2D eigenvalue weighted by molar-refractivity contribution is 5.94. The molecule has 2 amide bonds. The summed E-state index contributed by atoms with van der Waals surface area (Å²) in [6.07, 6.45) is 0. The van der Waals surface area contributed by atoms with Crippen LogP contribution in [0, 0.1) is 6.92 Å². The molecule has 3 rings (SSSR count). The first kappa shape index (κ1) is 19.9. The molecule has 148 valence electrons. The van der Waals surface area contributed by atoms with Crippen LogP contribution in [0.4, 0.5) is 16.2 Å². The lowest BCUT2D eigenvalue weighted by atomic mass is 9.98. The summed E-state index contributed by atoms with van der Waals surface area (Å²) in [6, 6.07) is 13.8. The Kier molecular flexibility index (Phi) is 6.02. The maximum absolute atomic E-state index is 12.8. The van der Waals surface area contributed by atoms with Crippen molar-refractivity contribution in [1.82, 2.24) is 4.90 Å². The maximum atomic E-state index is 12.8. The monoisotopic (exact) mass is 379 g/mol. The van der Waals surface area contributed by atoms with Crippen molar-refractivity contribution in [2.45, 2.75) is 33.6 Å². The minimum absolute atomic E-state index is 0.0391. The van der Waals surface area contributed by atoms with Gasteiger partial charge in [-0.3, -0.25) is 4.79 Å². The van der Waals surface area contributed by atoms with Gasteiger partial charge < -0.3 is 15.1 Å². The minimum atomic E-state index is -0.0391. The lowest BCUT2D eigenvalue weighted by molar-refractivity contribution is 0.101. The summed E-state index contributed by atoms with van der Waals surface area (Å²) in [6.45, 7) is 10.8. The third-order valence-corrected chi connectivity index (χ3v) is 5.36. The highest BCUT2D eigenvalue weighted by atomic mass is 16.2. The molecule has 0 atom stereocenters. The summed E-state index contributed by atoms with van der Waals surface area (Å²) >= 11 is 0. The number of aryl methyl sites for hydroxylation is 1. The first-order chi connectivity index (χ1) is 13.4. The number of piperazine rings is 1. The van der Waals surface area contributed by atoms with Gasteiger partial charge in [-0.2, -0.15) is 0 Å². The number of amides is 2. The van der Waals surface area contributed by atoms with Crippen molar-refractivity contribution in [3.05, 3.63) is 59.2 Å². The summed E-state index contributed by atoms with van der Waals surface area (Å²) in [4.78, 5) is 28.4. The molecule has 28 heavy (non-hydrogen) atoms. The molecule has 2 aromatic rings. The van der Waals surface area contributed by atoms with Gasteiger partial charge in [0.1, 0.15) is 0 Å². The summed E-state index contributed by atoms with van der Waals surface area (Å²) in [7, 11) is 0. The van der Waals surface area contributed by atoms with E-state index in [1.807, 2.05) is 48.2 Å². The molecule has 0 aliphatic carbocycles.